The number of carbonyl (C=O) groups is 2. The zero-order valence-electron chi connectivity index (χ0n) is 12.0. The first-order valence-corrected chi connectivity index (χ1v) is 7.24. The van der Waals surface area contributed by atoms with Crippen LogP contribution in [0.4, 0.5) is 0 Å². The summed E-state index contributed by atoms with van der Waals surface area (Å²) < 4.78 is 0. The summed E-state index contributed by atoms with van der Waals surface area (Å²) in [6, 6.07) is 15.0. The van der Waals surface area contributed by atoms with Gasteiger partial charge in [-0.05, 0) is 29.7 Å². The fraction of sp³-hybridized carbons (Fsp3) is 0.222. The third-order valence-corrected chi connectivity index (χ3v) is 3.84. The lowest BCUT2D eigenvalue weighted by Crippen LogP contribution is -2.29. The Labute approximate surface area is 124 Å². The monoisotopic (exact) mass is 279 g/mol. The third-order valence-electron chi connectivity index (χ3n) is 3.84. The summed E-state index contributed by atoms with van der Waals surface area (Å²) in [6.07, 6.45) is 2.00. The van der Waals surface area contributed by atoms with E-state index in [4.69, 9.17) is 0 Å². The molecule has 0 saturated heterocycles. The molecule has 0 saturated carbocycles. The first kappa shape index (κ1) is 13.6. The fourth-order valence-corrected chi connectivity index (χ4v) is 2.78. The summed E-state index contributed by atoms with van der Waals surface area (Å²) >= 11 is 0. The van der Waals surface area contributed by atoms with Crippen LogP contribution in [-0.4, -0.2) is 16.7 Å². The van der Waals surface area contributed by atoms with E-state index in [2.05, 4.69) is 13.0 Å². The van der Waals surface area contributed by atoms with Crippen LogP contribution in [0.1, 0.15) is 45.2 Å². The lowest BCUT2D eigenvalue weighted by molar-refractivity contribution is 0.0642. The van der Waals surface area contributed by atoms with E-state index in [-0.39, 0.29) is 11.8 Å². The first-order valence-electron chi connectivity index (χ1n) is 7.24. The number of hydrogen-bond acceptors (Lipinski definition) is 2. The van der Waals surface area contributed by atoms with Crippen LogP contribution in [0.2, 0.25) is 0 Å². The number of fused-ring (bicyclic) bond motifs is 1. The molecule has 3 nitrogen and oxygen atoms in total. The van der Waals surface area contributed by atoms with Crippen LogP contribution in [0.25, 0.3) is 0 Å². The van der Waals surface area contributed by atoms with Gasteiger partial charge in [-0.1, -0.05) is 49.7 Å². The molecule has 3 rings (SSSR count). The van der Waals surface area contributed by atoms with Gasteiger partial charge in [0.05, 0.1) is 17.7 Å². The van der Waals surface area contributed by atoms with E-state index in [0.29, 0.717) is 17.7 Å². The molecule has 0 aromatic heterocycles. The highest BCUT2D eigenvalue weighted by atomic mass is 16.2. The number of nitrogens with zero attached hydrogens (tertiary/aromatic N) is 1. The zero-order valence-corrected chi connectivity index (χ0v) is 12.0. The number of hydrogen-bond donors (Lipinski definition) is 0. The second kappa shape index (κ2) is 5.52. The van der Waals surface area contributed by atoms with Crippen LogP contribution in [0.15, 0.2) is 48.5 Å². The molecule has 2 aromatic carbocycles. The summed E-state index contributed by atoms with van der Waals surface area (Å²) in [4.78, 5) is 26.1. The second-order valence-electron chi connectivity index (χ2n) is 5.26. The highest BCUT2D eigenvalue weighted by molar-refractivity contribution is 6.21. The quantitative estimate of drug-likeness (QED) is 0.804. The van der Waals surface area contributed by atoms with Gasteiger partial charge in [0, 0.05) is 0 Å². The molecule has 21 heavy (non-hydrogen) atoms. The maximum atomic E-state index is 12.4. The topological polar surface area (TPSA) is 37.4 Å². The van der Waals surface area contributed by atoms with Crippen molar-refractivity contribution in [3.05, 3.63) is 70.8 Å². The van der Waals surface area contributed by atoms with Crippen LogP contribution in [0, 0.1) is 0 Å². The van der Waals surface area contributed by atoms with Gasteiger partial charge in [0.1, 0.15) is 0 Å². The predicted molar refractivity (Wildman–Crippen MR) is 81.1 cm³/mol. The summed E-state index contributed by atoms with van der Waals surface area (Å²) in [6.45, 7) is 2.47. The first-order chi connectivity index (χ1) is 10.2. The van der Waals surface area contributed by atoms with Crippen molar-refractivity contribution in [1.82, 2.24) is 4.90 Å². The van der Waals surface area contributed by atoms with E-state index in [9.17, 15) is 9.59 Å². The molecule has 2 aromatic rings. The molecule has 0 N–H and O–H groups in total. The van der Waals surface area contributed by atoms with Gasteiger partial charge in [-0.25, -0.2) is 0 Å². The molecule has 0 radical (unpaired) electrons. The minimum absolute atomic E-state index is 0.193. The molecular weight excluding hydrogens is 262 g/mol. The number of imide groups is 1. The zero-order chi connectivity index (χ0) is 14.8. The van der Waals surface area contributed by atoms with Crippen molar-refractivity contribution in [2.45, 2.75) is 26.3 Å². The van der Waals surface area contributed by atoms with Crippen molar-refractivity contribution in [1.29, 1.82) is 0 Å². The molecule has 1 heterocycles. The Hall–Kier alpha value is -2.42. The number of aryl methyl sites for hydroxylation is 1. The van der Waals surface area contributed by atoms with Crippen LogP contribution < -0.4 is 0 Å². The molecule has 0 atom stereocenters. The molecule has 1 aliphatic heterocycles. The van der Waals surface area contributed by atoms with E-state index in [1.54, 1.807) is 24.3 Å². The highest BCUT2D eigenvalue weighted by Gasteiger charge is 2.35. The minimum atomic E-state index is -0.193. The Morgan fingerprint density at radius 1 is 0.810 bits per heavy atom. The Morgan fingerprint density at radius 3 is 1.90 bits per heavy atom. The molecule has 2 amide bonds. The summed E-state index contributed by atoms with van der Waals surface area (Å²) in [7, 11) is 0. The molecule has 106 valence electrons. The van der Waals surface area contributed by atoms with E-state index in [1.807, 2.05) is 18.2 Å². The smallest absolute Gasteiger partial charge is 0.261 e. The molecule has 0 aliphatic carbocycles. The van der Waals surface area contributed by atoms with Gasteiger partial charge in [0.25, 0.3) is 11.8 Å². The van der Waals surface area contributed by atoms with Crippen LogP contribution >= 0.6 is 0 Å². The van der Waals surface area contributed by atoms with E-state index < -0.39 is 0 Å². The van der Waals surface area contributed by atoms with Gasteiger partial charge in [-0.15, -0.1) is 0 Å². The van der Waals surface area contributed by atoms with Gasteiger partial charge in [0.2, 0.25) is 0 Å². The number of rotatable bonds is 4. The van der Waals surface area contributed by atoms with E-state index >= 15 is 0 Å². The number of carbonyl (C=O) groups excluding carboxylic acids is 2. The molecule has 3 heteroatoms. The molecule has 0 bridgehead atoms. The van der Waals surface area contributed by atoms with Crippen molar-refractivity contribution in [3.8, 4) is 0 Å². The SMILES string of the molecule is CCCc1ccccc1CN1C(=O)c2ccccc2C1=O. The van der Waals surface area contributed by atoms with Crippen LogP contribution in [0.5, 0.6) is 0 Å². The minimum Gasteiger partial charge on any atom is -0.270 e. The van der Waals surface area contributed by atoms with Gasteiger partial charge in [0.15, 0.2) is 0 Å². The fourth-order valence-electron chi connectivity index (χ4n) is 2.78. The third kappa shape index (κ3) is 2.35. The molecule has 0 unspecified atom stereocenters. The van der Waals surface area contributed by atoms with Gasteiger partial charge in [-0.2, -0.15) is 0 Å². The second-order valence-corrected chi connectivity index (χ2v) is 5.26. The molecule has 0 fully saturated rings. The Balaban J connectivity index is 1.91. The molecule has 0 spiro atoms. The van der Waals surface area contributed by atoms with E-state index in [1.165, 1.54) is 10.5 Å². The largest absolute Gasteiger partial charge is 0.270 e. The summed E-state index contributed by atoms with van der Waals surface area (Å²) in [5.41, 5.74) is 3.27. The van der Waals surface area contributed by atoms with Crippen LogP contribution in [0.3, 0.4) is 0 Å². The normalized spacial score (nSPS) is 13.7. The number of amides is 2. The summed E-state index contributed by atoms with van der Waals surface area (Å²) in [5.74, 6) is -0.385. The lowest BCUT2D eigenvalue weighted by Gasteiger charge is -2.16. The number of benzene rings is 2. The molecular formula is C18H17NO2. The predicted octanol–water partition coefficient (Wildman–Crippen LogP) is 3.44. The van der Waals surface area contributed by atoms with Crippen molar-refractivity contribution in [3.63, 3.8) is 0 Å². The Kier molecular flexibility index (Phi) is 3.57. The summed E-state index contributed by atoms with van der Waals surface area (Å²) in [5, 5.41) is 0. The lowest BCUT2D eigenvalue weighted by atomic mass is 10.0. The Bertz CT molecular complexity index is 671. The van der Waals surface area contributed by atoms with Gasteiger partial charge in [-0.3, -0.25) is 14.5 Å². The van der Waals surface area contributed by atoms with Crippen molar-refractivity contribution < 1.29 is 9.59 Å². The molecule has 1 aliphatic rings. The van der Waals surface area contributed by atoms with Gasteiger partial charge >= 0.3 is 0 Å². The van der Waals surface area contributed by atoms with E-state index in [0.717, 1.165) is 18.4 Å². The van der Waals surface area contributed by atoms with Crippen molar-refractivity contribution >= 4 is 11.8 Å². The maximum absolute atomic E-state index is 12.4. The average molecular weight is 279 g/mol. The average Bonchev–Trinajstić information content (AvgIpc) is 2.75. The highest BCUT2D eigenvalue weighted by Crippen LogP contribution is 2.25. The maximum Gasteiger partial charge on any atom is 0.261 e. The van der Waals surface area contributed by atoms with Crippen molar-refractivity contribution in [2.75, 3.05) is 0 Å². The van der Waals surface area contributed by atoms with Gasteiger partial charge < -0.3 is 0 Å². The Morgan fingerprint density at radius 2 is 1.33 bits per heavy atom. The van der Waals surface area contributed by atoms with Crippen LogP contribution in [-0.2, 0) is 13.0 Å². The van der Waals surface area contributed by atoms with Crippen molar-refractivity contribution in [2.24, 2.45) is 0 Å². The standard InChI is InChI=1S/C18H17NO2/c1-2-7-13-8-3-4-9-14(13)12-19-17(20)15-10-5-6-11-16(15)18(19)21/h3-6,8-11H,2,7,12H2,1H3.